The van der Waals surface area contributed by atoms with Crippen molar-refractivity contribution in [3.63, 3.8) is 0 Å². The number of fused-ring (bicyclic) bond motifs is 1. The first-order valence-corrected chi connectivity index (χ1v) is 10.9. The molecule has 28 heavy (non-hydrogen) atoms. The first kappa shape index (κ1) is 18.3. The second kappa shape index (κ2) is 7.53. The van der Waals surface area contributed by atoms with Crippen molar-refractivity contribution in [2.24, 2.45) is 0 Å². The number of anilines is 1. The number of nitrogens with zero attached hydrogens (tertiary/aromatic N) is 2. The van der Waals surface area contributed by atoms with Crippen LogP contribution < -0.4 is 4.72 Å². The third-order valence-corrected chi connectivity index (χ3v) is 6.12. The topological polar surface area (TPSA) is 72.0 Å². The number of sulfonamides is 1. The normalized spacial score (nSPS) is 11.9. The number of nitrogens with one attached hydrogen (secondary N) is 1. The third kappa shape index (κ3) is 4.27. The second-order valence-electron chi connectivity index (χ2n) is 6.28. The van der Waals surface area contributed by atoms with Gasteiger partial charge in [-0.1, -0.05) is 41.2 Å². The zero-order chi connectivity index (χ0) is 19.6. The summed E-state index contributed by atoms with van der Waals surface area (Å²) in [7, 11) is -3.59. The minimum absolute atomic E-state index is 0.497. The number of aryl methyl sites for hydroxylation is 1. The highest BCUT2D eigenvalue weighted by Gasteiger charge is 2.09. The number of thiazole rings is 1. The molecule has 0 saturated heterocycles. The van der Waals surface area contributed by atoms with E-state index in [1.807, 2.05) is 55.5 Å². The van der Waals surface area contributed by atoms with Gasteiger partial charge in [0.2, 0.25) is 0 Å². The lowest BCUT2D eigenvalue weighted by atomic mass is 10.2. The molecular weight excluding hydrogens is 390 g/mol. The van der Waals surface area contributed by atoms with Crippen molar-refractivity contribution in [2.45, 2.75) is 6.92 Å². The van der Waals surface area contributed by atoms with Crippen LogP contribution in [-0.2, 0) is 10.0 Å². The average Bonchev–Trinajstić information content (AvgIpc) is 3.12. The van der Waals surface area contributed by atoms with Crippen LogP contribution >= 0.6 is 11.3 Å². The Labute approximate surface area is 167 Å². The summed E-state index contributed by atoms with van der Waals surface area (Å²) in [6.07, 6.45) is 3.32. The van der Waals surface area contributed by atoms with Gasteiger partial charge in [0.05, 0.1) is 5.41 Å². The number of aromatic nitrogens is 2. The Morgan fingerprint density at radius 2 is 1.75 bits per heavy atom. The van der Waals surface area contributed by atoms with E-state index in [4.69, 9.17) is 0 Å². The Bertz CT molecular complexity index is 1210. The Morgan fingerprint density at radius 3 is 2.46 bits per heavy atom. The SMILES string of the molecule is Cc1ccc(/C=C/S(=O)(=O)Nc2ccc(-c3nc4cccnc4s3)cc2)cc1. The molecule has 140 valence electrons. The Kier molecular flexibility index (Phi) is 4.93. The van der Waals surface area contributed by atoms with E-state index >= 15 is 0 Å². The molecule has 2 heterocycles. The summed E-state index contributed by atoms with van der Waals surface area (Å²) >= 11 is 1.50. The van der Waals surface area contributed by atoms with Crippen LogP contribution in [0, 0.1) is 6.92 Å². The zero-order valence-electron chi connectivity index (χ0n) is 15.0. The van der Waals surface area contributed by atoms with Gasteiger partial charge in [-0.3, -0.25) is 4.72 Å². The average molecular weight is 408 g/mol. The van der Waals surface area contributed by atoms with Gasteiger partial charge in [0.15, 0.2) is 0 Å². The number of hydrogen-bond acceptors (Lipinski definition) is 5. The predicted molar refractivity (Wildman–Crippen MR) is 116 cm³/mol. The molecule has 1 N–H and O–H groups in total. The molecule has 0 unspecified atom stereocenters. The van der Waals surface area contributed by atoms with Crippen molar-refractivity contribution >= 4 is 43.5 Å². The van der Waals surface area contributed by atoms with E-state index in [0.29, 0.717) is 5.69 Å². The molecule has 0 radical (unpaired) electrons. The molecule has 0 aliphatic heterocycles. The molecule has 4 aromatic rings. The zero-order valence-corrected chi connectivity index (χ0v) is 16.7. The van der Waals surface area contributed by atoms with Crippen LogP contribution in [0.15, 0.2) is 72.3 Å². The van der Waals surface area contributed by atoms with E-state index < -0.39 is 10.0 Å². The van der Waals surface area contributed by atoms with Crippen molar-refractivity contribution < 1.29 is 8.42 Å². The number of pyridine rings is 1. The lowest BCUT2D eigenvalue weighted by Crippen LogP contribution is -2.08. The quantitative estimate of drug-likeness (QED) is 0.501. The summed E-state index contributed by atoms with van der Waals surface area (Å²) in [6.45, 7) is 1.99. The van der Waals surface area contributed by atoms with Gasteiger partial charge in [-0.15, -0.1) is 0 Å². The predicted octanol–water partition coefficient (Wildman–Crippen LogP) is 5.08. The Morgan fingerprint density at radius 1 is 1.00 bits per heavy atom. The van der Waals surface area contributed by atoms with E-state index in [2.05, 4.69) is 14.7 Å². The van der Waals surface area contributed by atoms with Gasteiger partial charge in [0, 0.05) is 17.4 Å². The molecule has 5 nitrogen and oxygen atoms in total. The van der Waals surface area contributed by atoms with Gasteiger partial charge in [-0.2, -0.15) is 0 Å². The maximum absolute atomic E-state index is 12.3. The number of benzene rings is 2. The van der Waals surface area contributed by atoms with Crippen molar-refractivity contribution in [3.8, 4) is 10.6 Å². The number of hydrogen-bond donors (Lipinski definition) is 1. The van der Waals surface area contributed by atoms with Crippen molar-refractivity contribution in [1.29, 1.82) is 0 Å². The van der Waals surface area contributed by atoms with E-state index in [-0.39, 0.29) is 0 Å². The largest absolute Gasteiger partial charge is 0.280 e. The van der Waals surface area contributed by atoms with Crippen molar-refractivity contribution in [3.05, 3.63) is 83.4 Å². The van der Waals surface area contributed by atoms with E-state index in [0.717, 1.165) is 32.0 Å². The van der Waals surface area contributed by atoms with Crippen LogP contribution in [0.4, 0.5) is 5.69 Å². The standard InChI is InChI=1S/C21H17N3O2S2/c1-15-4-6-16(7-5-15)12-14-28(25,26)24-18-10-8-17(9-11-18)20-23-19-3-2-13-22-21(19)27-20/h2-14,24H,1H3/b14-12+. The summed E-state index contributed by atoms with van der Waals surface area (Å²) in [5.74, 6) is 0. The van der Waals surface area contributed by atoms with Crippen LogP contribution in [0.2, 0.25) is 0 Å². The van der Waals surface area contributed by atoms with E-state index in [9.17, 15) is 8.42 Å². The Hall–Kier alpha value is -3.03. The fourth-order valence-corrected chi connectivity index (χ4v) is 4.40. The lowest BCUT2D eigenvalue weighted by molar-refractivity contribution is 0.609. The lowest BCUT2D eigenvalue weighted by Gasteiger charge is -2.05. The molecule has 0 aliphatic rings. The first-order valence-electron chi connectivity index (χ1n) is 8.58. The molecule has 2 aromatic heterocycles. The molecule has 7 heteroatoms. The molecule has 0 amide bonds. The monoisotopic (exact) mass is 407 g/mol. The third-order valence-electron chi connectivity index (χ3n) is 4.08. The molecule has 0 saturated carbocycles. The van der Waals surface area contributed by atoms with Gasteiger partial charge < -0.3 is 0 Å². The molecule has 4 rings (SSSR count). The van der Waals surface area contributed by atoms with Gasteiger partial charge in [0.25, 0.3) is 10.0 Å². The van der Waals surface area contributed by atoms with Crippen LogP contribution in [0.1, 0.15) is 11.1 Å². The molecular formula is C21H17N3O2S2. The molecule has 0 aliphatic carbocycles. The van der Waals surface area contributed by atoms with Crippen LogP contribution in [-0.4, -0.2) is 18.4 Å². The molecule has 0 fully saturated rings. The second-order valence-corrected chi connectivity index (χ2v) is 8.83. The highest BCUT2D eigenvalue weighted by Crippen LogP contribution is 2.29. The summed E-state index contributed by atoms with van der Waals surface area (Å²) in [5.41, 5.74) is 4.23. The Balaban J connectivity index is 1.49. The van der Waals surface area contributed by atoms with Crippen LogP contribution in [0.3, 0.4) is 0 Å². The van der Waals surface area contributed by atoms with Crippen LogP contribution in [0.25, 0.3) is 27.0 Å². The van der Waals surface area contributed by atoms with Crippen molar-refractivity contribution in [2.75, 3.05) is 4.72 Å². The minimum atomic E-state index is -3.59. The highest BCUT2D eigenvalue weighted by atomic mass is 32.2. The first-order chi connectivity index (χ1) is 13.5. The number of rotatable bonds is 5. The summed E-state index contributed by atoms with van der Waals surface area (Å²) < 4.78 is 27.2. The highest BCUT2D eigenvalue weighted by molar-refractivity contribution is 7.95. The maximum Gasteiger partial charge on any atom is 0.255 e. The fourth-order valence-electron chi connectivity index (χ4n) is 2.62. The molecule has 0 bridgehead atoms. The smallest absolute Gasteiger partial charge is 0.255 e. The van der Waals surface area contributed by atoms with Crippen molar-refractivity contribution in [1.82, 2.24) is 9.97 Å². The van der Waals surface area contributed by atoms with Gasteiger partial charge >= 0.3 is 0 Å². The summed E-state index contributed by atoms with van der Waals surface area (Å²) in [5, 5.41) is 2.02. The van der Waals surface area contributed by atoms with E-state index in [1.54, 1.807) is 24.4 Å². The van der Waals surface area contributed by atoms with Gasteiger partial charge in [-0.25, -0.2) is 18.4 Å². The molecule has 0 spiro atoms. The van der Waals surface area contributed by atoms with Gasteiger partial charge in [0.1, 0.15) is 15.4 Å². The van der Waals surface area contributed by atoms with E-state index in [1.165, 1.54) is 16.7 Å². The summed E-state index contributed by atoms with van der Waals surface area (Å²) in [6, 6.07) is 18.6. The van der Waals surface area contributed by atoms with Crippen LogP contribution in [0.5, 0.6) is 0 Å². The maximum atomic E-state index is 12.3. The summed E-state index contributed by atoms with van der Waals surface area (Å²) in [4.78, 5) is 9.74. The van der Waals surface area contributed by atoms with Gasteiger partial charge in [-0.05, 0) is 55.0 Å². The molecule has 0 atom stereocenters. The molecule has 2 aromatic carbocycles. The fraction of sp³-hybridized carbons (Fsp3) is 0.0476. The minimum Gasteiger partial charge on any atom is -0.280 e.